The first-order chi connectivity index (χ1) is 11.7. The molecule has 2 fully saturated rings. The number of furan rings is 1. The number of hydrogen-bond donors (Lipinski definition) is 1. The number of amides is 1. The Kier molecular flexibility index (Phi) is 5.45. The SMILES string of the molecule is Cl.O=C(c1ccc(-c2ccccc2F)o1)N1CC[C@@H]2CNC[C@@H]2CC1. The molecule has 134 valence electrons. The molecule has 0 aliphatic carbocycles. The molecule has 1 N–H and O–H groups in total. The predicted octanol–water partition coefficient (Wildman–Crippen LogP) is 3.58. The Labute approximate surface area is 152 Å². The minimum Gasteiger partial charge on any atom is -0.451 e. The molecule has 2 saturated heterocycles. The lowest BCUT2D eigenvalue weighted by molar-refractivity contribution is 0.0727. The second kappa shape index (κ2) is 7.58. The Morgan fingerprint density at radius 2 is 1.76 bits per heavy atom. The van der Waals surface area contributed by atoms with E-state index in [0.29, 0.717) is 28.9 Å². The molecule has 2 aromatic rings. The van der Waals surface area contributed by atoms with Crippen molar-refractivity contribution >= 4 is 18.3 Å². The van der Waals surface area contributed by atoms with Crippen LogP contribution in [0.1, 0.15) is 23.4 Å². The van der Waals surface area contributed by atoms with Gasteiger partial charge in [-0.1, -0.05) is 12.1 Å². The molecule has 2 aliphatic rings. The molecule has 0 radical (unpaired) electrons. The Balaban J connectivity index is 0.00000182. The molecule has 3 heterocycles. The first-order valence-electron chi connectivity index (χ1n) is 8.57. The fourth-order valence-electron chi connectivity index (χ4n) is 3.84. The molecular weight excluding hydrogens is 343 g/mol. The third-order valence-corrected chi connectivity index (χ3v) is 5.26. The van der Waals surface area contributed by atoms with Crippen LogP contribution < -0.4 is 5.32 Å². The van der Waals surface area contributed by atoms with Gasteiger partial charge in [0.1, 0.15) is 11.6 Å². The average Bonchev–Trinajstić information content (AvgIpc) is 3.21. The quantitative estimate of drug-likeness (QED) is 0.886. The van der Waals surface area contributed by atoms with Gasteiger partial charge in [-0.25, -0.2) is 4.39 Å². The Morgan fingerprint density at radius 1 is 1.08 bits per heavy atom. The van der Waals surface area contributed by atoms with Crippen molar-refractivity contribution < 1.29 is 13.6 Å². The standard InChI is InChI=1S/C19H21FN2O2.ClH/c20-16-4-2-1-3-15(16)17-5-6-18(24-17)19(23)22-9-7-13-11-21-12-14(13)8-10-22;/h1-6,13-14,21H,7-12H2;1H/t13-,14+;. The molecule has 0 spiro atoms. The van der Waals surface area contributed by atoms with Gasteiger partial charge in [0.25, 0.3) is 5.91 Å². The molecule has 0 unspecified atom stereocenters. The third kappa shape index (κ3) is 3.58. The summed E-state index contributed by atoms with van der Waals surface area (Å²) in [6, 6.07) is 9.75. The van der Waals surface area contributed by atoms with Crippen LogP contribution in [0.2, 0.25) is 0 Å². The van der Waals surface area contributed by atoms with Gasteiger partial charge < -0.3 is 14.6 Å². The number of likely N-dealkylation sites (tertiary alicyclic amines) is 1. The van der Waals surface area contributed by atoms with Gasteiger partial charge in [0.05, 0.1) is 5.56 Å². The summed E-state index contributed by atoms with van der Waals surface area (Å²) in [5.41, 5.74) is 0.382. The Bertz CT molecular complexity index is 735. The van der Waals surface area contributed by atoms with Crippen LogP contribution in [0.25, 0.3) is 11.3 Å². The van der Waals surface area contributed by atoms with Gasteiger partial charge in [0, 0.05) is 13.1 Å². The minimum atomic E-state index is -0.346. The summed E-state index contributed by atoms with van der Waals surface area (Å²) in [5, 5.41) is 3.44. The molecule has 1 amide bonds. The molecule has 0 saturated carbocycles. The fourth-order valence-corrected chi connectivity index (χ4v) is 3.84. The predicted molar refractivity (Wildman–Crippen MR) is 96.3 cm³/mol. The zero-order chi connectivity index (χ0) is 16.5. The molecule has 6 heteroatoms. The first-order valence-corrected chi connectivity index (χ1v) is 8.57. The van der Waals surface area contributed by atoms with Crippen molar-refractivity contribution in [2.45, 2.75) is 12.8 Å². The van der Waals surface area contributed by atoms with Crippen molar-refractivity contribution in [1.29, 1.82) is 0 Å². The lowest BCUT2D eigenvalue weighted by Gasteiger charge is -2.19. The van der Waals surface area contributed by atoms with Crippen molar-refractivity contribution in [3.05, 3.63) is 48.0 Å². The number of hydrogen-bond acceptors (Lipinski definition) is 3. The molecule has 4 nitrogen and oxygen atoms in total. The van der Waals surface area contributed by atoms with E-state index in [9.17, 15) is 9.18 Å². The van der Waals surface area contributed by atoms with Crippen LogP contribution in [0.4, 0.5) is 4.39 Å². The van der Waals surface area contributed by atoms with Gasteiger partial charge in [-0.3, -0.25) is 4.79 Å². The van der Waals surface area contributed by atoms with E-state index in [1.165, 1.54) is 6.07 Å². The maximum absolute atomic E-state index is 13.9. The van der Waals surface area contributed by atoms with Crippen molar-refractivity contribution in [1.82, 2.24) is 10.2 Å². The smallest absolute Gasteiger partial charge is 0.289 e. The molecular formula is C19H22ClFN2O2. The number of benzene rings is 1. The number of carbonyl (C=O) groups is 1. The number of fused-ring (bicyclic) bond motifs is 1. The summed E-state index contributed by atoms with van der Waals surface area (Å²) in [6.07, 6.45) is 2.06. The molecule has 2 atom stereocenters. The van der Waals surface area contributed by atoms with Crippen LogP contribution in [0.5, 0.6) is 0 Å². The number of nitrogens with one attached hydrogen (secondary N) is 1. The lowest BCUT2D eigenvalue weighted by Crippen LogP contribution is -2.32. The third-order valence-electron chi connectivity index (χ3n) is 5.26. The van der Waals surface area contributed by atoms with E-state index in [-0.39, 0.29) is 24.1 Å². The zero-order valence-electron chi connectivity index (χ0n) is 13.9. The van der Waals surface area contributed by atoms with Crippen molar-refractivity contribution in [2.75, 3.05) is 26.2 Å². The summed E-state index contributed by atoms with van der Waals surface area (Å²) in [5.74, 6) is 1.60. The highest BCUT2D eigenvalue weighted by molar-refractivity contribution is 5.92. The molecule has 0 bridgehead atoms. The second-order valence-corrected chi connectivity index (χ2v) is 6.69. The van der Waals surface area contributed by atoms with Gasteiger partial charge in [0.15, 0.2) is 5.76 Å². The van der Waals surface area contributed by atoms with Crippen LogP contribution in [-0.4, -0.2) is 37.0 Å². The van der Waals surface area contributed by atoms with Gasteiger partial charge in [-0.2, -0.15) is 0 Å². The van der Waals surface area contributed by atoms with E-state index in [1.807, 2.05) is 4.90 Å². The highest BCUT2D eigenvalue weighted by atomic mass is 35.5. The van der Waals surface area contributed by atoms with Crippen molar-refractivity contribution in [2.24, 2.45) is 11.8 Å². The lowest BCUT2D eigenvalue weighted by atomic mass is 9.92. The number of nitrogens with zero attached hydrogens (tertiary/aromatic N) is 1. The minimum absolute atomic E-state index is 0. The largest absolute Gasteiger partial charge is 0.451 e. The van der Waals surface area contributed by atoms with E-state index in [2.05, 4.69) is 5.32 Å². The normalized spacial score (nSPS) is 22.8. The number of halogens is 2. The first kappa shape index (κ1) is 18.0. The molecule has 1 aromatic carbocycles. The monoisotopic (exact) mass is 364 g/mol. The molecule has 1 aromatic heterocycles. The van der Waals surface area contributed by atoms with Crippen LogP contribution in [-0.2, 0) is 0 Å². The molecule has 25 heavy (non-hydrogen) atoms. The van der Waals surface area contributed by atoms with Gasteiger partial charge in [-0.15, -0.1) is 12.4 Å². The molecule has 4 rings (SSSR count). The Morgan fingerprint density at radius 3 is 2.44 bits per heavy atom. The van der Waals surface area contributed by atoms with E-state index in [4.69, 9.17) is 4.42 Å². The second-order valence-electron chi connectivity index (χ2n) is 6.69. The summed E-state index contributed by atoms with van der Waals surface area (Å²) >= 11 is 0. The fraction of sp³-hybridized carbons (Fsp3) is 0.421. The van der Waals surface area contributed by atoms with Crippen LogP contribution in [0, 0.1) is 17.7 Å². The van der Waals surface area contributed by atoms with Crippen LogP contribution in [0.15, 0.2) is 40.8 Å². The van der Waals surface area contributed by atoms with Gasteiger partial charge >= 0.3 is 0 Å². The van der Waals surface area contributed by atoms with E-state index < -0.39 is 0 Å². The van der Waals surface area contributed by atoms with E-state index in [0.717, 1.165) is 39.0 Å². The van der Waals surface area contributed by atoms with Crippen molar-refractivity contribution in [3.63, 3.8) is 0 Å². The Hall–Kier alpha value is -1.85. The highest BCUT2D eigenvalue weighted by Crippen LogP contribution is 2.29. The highest BCUT2D eigenvalue weighted by Gasteiger charge is 2.32. The van der Waals surface area contributed by atoms with Crippen molar-refractivity contribution in [3.8, 4) is 11.3 Å². The maximum Gasteiger partial charge on any atom is 0.289 e. The summed E-state index contributed by atoms with van der Waals surface area (Å²) in [4.78, 5) is 14.6. The van der Waals surface area contributed by atoms with E-state index in [1.54, 1.807) is 30.3 Å². The summed E-state index contributed by atoms with van der Waals surface area (Å²) < 4.78 is 19.5. The average molecular weight is 365 g/mol. The number of rotatable bonds is 2. The zero-order valence-corrected chi connectivity index (χ0v) is 14.7. The summed E-state index contributed by atoms with van der Waals surface area (Å²) in [7, 11) is 0. The summed E-state index contributed by atoms with van der Waals surface area (Å²) in [6.45, 7) is 3.64. The van der Waals surface area contributed by atoms with E-state index >= 15 is 0 Å². The van der Waals surface area contributed by atoms with Gasteiger partial charge in [-0.05, 0) is 62.0 Å². The molecule has 2 aliphatic heterocycles. The van der Waals surface area contributed by atoms with Gasteiger partial charge in [0.2, 0.25) is 0 Å². The van der Waals surface area contributed by atoms with Crippen LogP contribution in [0.3, 0.4) is 0 Å². The van der Waals surface area contributed by atoms with Crippen LogP contribution >= 0.6 is 12.4 Å². The number of carbonyl (C=O) groups excluding carboxylic acids is 1. The topological polar surface area (TPSA) is 45.5 Å². The maximum atomic E-state index is 13.9.